The van der Waals surface area contributed by atoms with Crippen molar-refractivity contribution in [2.45, 2.75) is 58.0 Å². The average Bonchev–Trinajstić information content (AvgIpc) is 2.63. The molecule has 0 bridgehead atoms. The highest BCUT2D eigenvalue weighted by molar-refractivity contribution is 5.66. The van der Waals surface area contributed by atoms with Crippen LogP contribution in [-0.4, -0.2) is 22.4 Å². The molecule has 0 aromatic heterocycles. The fraction of sp³-hybridized carbons (Fsp3) is 0.409. The monoisotopic (exact) mass is 360 g/mol. The number of rotatable bonds is 15. The van der Waals surface area contributed by atoms with Crippen molar-refractivity contribution in [3.63, 3.8) is 0 Å². The van der Waals surface area contributed by atoms with Crippen LogP contribution in [-0.2, 0) is 9.68 Å². The second kappa shape index (κ2) is 19.2. The summed E-state index contributed by atoms with van der Waals surface area (Å²) in [6, 6.07) is 0. The second-order valence-corrected chi connectivity index (χ2v) is 5.63. The highest BCUT2D eigenvalue weighted by atomic mass is 17.1. The molecule has 0 radical (unpaired) electrons. The first kappa shape index (κ1) is 23.8. The van der Waals surface area contributed by atoms with Gasteiger partial charge in [0.15, 0.2) is 0 Å². The molecule has 144 valence electrons. The minimum atomic E-state index is -0.766. The minimum Gasteiger partial charge on any atom is -0.481 e. The number of hydrogen-bond donors (Lipinski definition) is 2. The van der Waals surface area contributed by atoms with E-state index in [4.69, 9.17) is 10.4 Å². The largest absolute Gasteiger partial charge is 0.481 e. The third-order valence-corrected chi connectivity index (χ3v) is 3.32. The van der Waals surface area contributed by atoms with Crippen molar-refractivity contribution in [3.05, 3.63) is 72.9 Å². The Kier molecular flexibility index (Phi) is 17.6. The zero-order chi connectivity index (χ0) is 19.3. The Labute approximate surface area is 157 Å². The molecule has 0 fully saturated rings. The third kappa shape index (κ3) is 18.2. The van der Waals surface area contributed by atoms with Crippen LogP contribution in [0.4, 0.5) is 0 Å². The molecule has 4 heteroatoms. The van der Waals surface area contributed by atoms with Crippen molar-refractivity contribution in [2.24, 2.45) is 0 Å². The van der Waals surface area contributed by atoms with Crippen molar-refractivity contribution in [2.75, 3.05) is 0 Å². The Balaban J connectivity index is 3.87. The molecule has 0 aliphatic rings. The summed E-state index contributed by atoms with van der Waals surface area (Å²) in [5.74, 6) is -0.766. The van der Waals surface area contributed by atoms with Crippen molar-refractivity contribution in [3.8, 4) is 0 Å². The lowest BCUT2D eigenvalue weighted by molar-refractivity contribution is -0.264. The van der Waals surface area contributed by atoms with Gasteiger partial charge in [-0.2, -0.15) is 0 Å². The van der Waals surface area contributed by atoms with Crippen LogP contribution in [0.3, 0.4) is 0 Å². The third-order valence-electron chi connectivity index (χ3n) is 3.32. The minimum absolute atomic E-state index is 0.180. The SMILES string of the molecule is CC/C=C\C/C=C\C[C@@H](/C=C/C=C\C/C=C\C/C=C\CCC(=O)O)OO. The average molecular weight is 360 g/mol. The van der Waals surface area contributed by atoms with Gasteiger partial charge in [-0.1, -0.05) is 79.8 Å². The lowest BCUT2D eigenvalue weighted by Crippen LogP contribution is -2.04. The van der Waals surface area contributed by atoms with E-state index < -0.39 is 5.97 Å². The molecule has 0 aromatic rings. The molecule has 1 atom stereocenters. The summed E-state index contributed by atoms with van der Waals surface area (Å²) >= 11 is 0. The molecule has 0 spiro atoms. The quantitative estimate of drug-likeness (QED) is 0.162. The van der Waals surface area contributed by atoms with Gasteiger partial charge in [0.25, 0.3) is 0 Å². The van der Waals surface area contributed by atoms with Crippen molar-refractivity contribution in [1.82, 2.24) is 0 Å². The summed E-state index contributed by atoms with van der Waals surface area (Å²) in [5.41, 5.74) is 0. The molecule has 0 unspecified atom stereocenters. The van der Waals surface area contributed by atoms with Crippen LogP contribution >= 0.6 is 0 Å². The fourth-order valence-electron chi connectivity index (χ4n) is 1.94. The fourth-order valence-corrected chi connectivity index (χ4v) is 1.94. The van der Waals surface area contributed by atoms with Crippen molar-refractivity contribution in [1.29, 1.82) is 0 Å². The molecule has 2 N–H and O–H groups in total. The highest BCUT2D eigenvalue weighted by Gasteiger charge is 1.99. The lowest BCUT2D eigenvalue weighted by atomic mass is 10.2. The molecule has 0 aliphatic carbocycles. The molecule has 0 saturated carbocycles. The first-order valence-corrected chi connectivity index (χ1v) is 9.16. The zero-order valence-electron chi connectivity index (χ0n) is 15.7. The van der Waals surface area contributed by atoms with Crippen LogP contribution in [0.2, 0.25) is 0 Å². The number of allylic oxidation sites excluding steroid dienone is 10. The van der Waals surface area contributed by atoms with Crippen molar-refractivity contribution < 1.29 is 20.0 Å². The molecule has 4 nitrogen and oxygen atoms in total. The van der Waals surface area contributed by atoms with E-state index in [9.17, 15) is 4.79 Å². The summed E-state index contributed by atoms with van der Waals surface area (Å²) in [7, 11) is 0. The van der Waals surface area contributed by atoms with Crippen LogP contribution in [0.1, 0.15) is 51.9 Å². The van der Waals surface area contributed by atoms with E-state index in [0.29, 0.717) is 12.8 Å². The van der Waals surface area contributed by atoms with Crippen LogP contribution in [0.25, 0.3) is 0 Å². The van der Waals surface area contributed by atoms with E-state index in [1.54, 1.807) is 0 Å². The molecule has 0 heterocycles. The van der Waals surface area contributed by atoms with Crippen LogP contribution < -0.4 is 0 Å². The Morgan fingerprint density at radius 2 is 1.50 bits per heavy atom. The summed E-state index contributed by atoms with van der Waals surface area (Å²) in [5, 5.41) is 17.4. The standard InChI is InChI=1S/C22H32O4/c1-2-3-4-5-12-15-18-21(26-25)19-16-13-10-8-6-7-9-11-14-17-20-22(23)24/h3-4,6-7,10-16,19,21,25H,2,5,8-9,17-18,20H2,1H3,(H,23,24)/b4-3-,7-6-,13-10-,14-11-,15-12-,19-16+/t21-/m0/s1. The van der Waals surface area contributed by atoms with Gasteiger partial charge in [0.1, 0.15) is 6.10 Å². The van der Waals surface area contributed by atoms with Crippen molar-refractivity contribution >= 4 is 5.97 Å². The second-order valence-electron chi connectivity index (χ2n) is 5.63. The van der Waals surface area contributed by atoms with Crippen LogP contribution in [0.15, 0.2) is 72.9 Å². The Morgan fingerprint density at radius 1 is 0.885 bits per heavy atom. The number of carboxylic acid groups (broad SMARTS) is 1. The summed E-state index contributed by atoms with van der Waals surface area (Å²) in [6.45, 7) is 2.10. The van der Waals surface area contributed by atoms with Crippen LogP contribution in [0, 0.1) is 0 Å². The van der Waals surface area contributed by atoms with E-state index in [-0.39, 0.29) is 12.5 Å². The maximum atomic E-state index is 10.3. The molecular formula is C22H32O4. The Bertz CT molecular complexity index is 510. The molecule has 0 amide bonds. The molecule has 0 aromatic carbocycles. The summed E-state index contributed by atoms with van der Waals surface area (Å²) in [6.07, 6.45) is 28.5. The number of carbonyl (C=O) groups is 1. The molecular weight excluding hydrogens is 328 g/mol. The number of carboxylic acids is 1. The summed E-state index contributed by atoms with van der Waals surface area (Å²) < 4.78 is 0. The van der Waals surface area contributed by atoms with Gasteiger partial charge >= 0.3 is 5.97 Å². The van der Waals surface area contributed by atoms with E-state index in [0.717, 1.165) is 25.7 Å². The van der Waals surface area contributed by atoms with Gasteiger partial charge < -0.3 is 5.11 Å². The maximum Gasteiger partial charge on any atom is 0.303 e. The maximum absolute atomic E-state index is 10.3. The predicted octanol–water partition coefficient (Wildman–Crippen LogP) is 6.02. The zero-order valence-corrected chi connectivity index (χ0v) is 15.7. The molecule has 0 saturated heterocycles. The first-order chi connectivity index (χ1) is 12.7. The van der Waals surface area contributed by atoms with Gasteiger partial charge in [-0.25, -0.2) is 4.89 Å². The Morgan fingerprint density at radius 3 is 2.15 bits per heavy atom. The van der Waals surface area contributed by atoms with E-state index in [1.165, 1.54) is 0 Å². The number of aliphatic carboxylic acids is 1. The van der Waals surface area contributed by atoms with E-state index >= 15 is 0 Å². The van der Waals surface area contributed by atoms with Gasteiger partial charge in [-0.15, -0.1) is 0 Å². The first-order valence-electron chi connectivity index (χ1n) is 9.16. The molecule has 0 aliphatic heterocycles. The van der Waals surface area contributed by atoms with Gasteiger partial charge in [0.05, 0.1) is 0 Å². The van der Waals surface area contributed by atoms with E-state index in [2.05, 4.69) is 36.1 Å². The lowest BCUT2D eigenvalue weighted by Gasteiger charge is -2.03. The predicted molar refractivity (Wildman–Crippen MR) is 108 cm³/mol. The van der Waals surface area contributed by atoms with Gasteiger partial charge in [0, 0.05) is 6.42 Å². The Hall–Kier alpha value is -2.17. The normalized spacial score (nSPS) is 14.2. The highest BCUT2D eigenvalue weighted by Crippen LogP contribution is 2.02. The van der Waals surface area contributed by atoms with Crippen LogP contribution in [0.5, 0.6) is 0 Å². The number of hydrogen-bond acceptors (Lipinski definition) is 3. The topological polar surface area (TPSA) is 66.8 Å². The van der Waals surface area contributed by atoms with Gasteiger partial charge in [0.2, 0.25) is 0 Å². The van der Waals surface area contributed by atoms with E-state index in [1.807, 2.05) is 48.6 Å². The summed E-state index contributed by atoms with van der Waals surface area (Å²) in [4.78, 5) is 14.8. The van der Waals surface area contributed by atoms with Gasteiger partial charge in [-0.3, -0.25) is 10.1 Å². The smallest absolute Gasteiger partial charge is 0.303 e. The molecule has 26 heavy (non-hydrogen) atoms. The molecule has 0 rings (SSSR count). The van der Waals surface area contributed by atoms with Gasteiger partial charge in [-0.05, 0) is 38.5 Å².